The molecule has 0 bridgehead atoms. The predicted molar refractivity (Wildman–Crippen MR) is 96.8 cm³/mol. The zero-order valence-electron chi connectivity index (χ0n) is 13.4. The molecule has 1 amide bonds. The first-order chi connectivity index (χ1) is 11.2. The molecule has 124 valence electrons. The topological polar surface area (TPSA) is 35.6 Å². The lowest BCUT2D eigenvalue weighted by atomic mass is 10.2. The number of rotatable bonds is 6. The van der Waals surface area contributed by atoms with Gasteiger partial charge in [0, 0.05) is 42.5 Å². The molecule has 1 saturated heterocycles. The summed E-state index contributed by atoms with van der Waals surface area (Å²) >= 11 is 3.50. The third-order valence-electron chi connectivity index (χ3n) is 4.31. The van der Waals surface area contributed by atoms with Gasteiger partial charge in [0.25, 0.3) is 0 Å². The molecule has 23 heavy (non-hydrogen) atoms. The average Bonchev–Trinajstić information content (AvgIpc) is 3.26. The van der Waals surface area contributed by atoms with Gasteiger partial charge in [-0.2, -0.15) is 0 Å². The number of nitrogens with zero attached hydrogens (tertiary/aromatic N) is 2. The maximum atomic E-state index is 12.3. The summed E-state index contributed by atoms with van der Waals surface area (Å²) in [6.07, 6.45) is 0. The SMILES string of the molecule is CC(C(=O)NCc1cccs1)N1CCN(Cc2cccs2)CC1. The Hall–Kier alpha value is -1.21. The number of hydrogen-bond donors (Lipinski definition) is 1. The fraction of sp³-hybridized carbons (Fsp3) is 0.471. The van der Waals surface area contributed by atoms with Gasteiger partial charge in [-0.05, 0) is 29.8 Å². The number of piperazine rings is 1. The van der Waals surface area contributed by atoms with Crippen LogP contribution < -0.4 is 5.32 Å². The molecule has 3 heterocycles. The van der Waals surface area contributed by atoms with Crippen LogP contribution in [-0.2, 0) is 17.9 Å². The van der Waals surface area contributed by atoms with Gasteiger partial charge in [0.1, 0.15) is 0 Å². The fourth-order valence-electron chi connectivity index (χ4n) is 2.83. The van der Waals surface area contributed by atoms with Crippen molar-refractivity contribution in [3.05, 3.63) is 44.8 Å². The molecule has 1 fully saturated rings. The minimum Gasteiger partial charge on any atom is -0.350 e. The Morgan fingerprint density at radius 1 is 1.13 bits per heavy atom. The highest BCUT2D eigenvalue weighted by Gasteiger charge is 2.25. The third-order valence-corrected chi connectivity index (χ3v) is 6.05. The Bertz CT molecular complexity index is 589. The van der Waals surface area contributed by atoms with Crippen LogP contribution in [-0.4, -0.2) is 47.9 Å². The van der Waals surface area contributed by atoms with Crippen LogP contribution in [0.25, 0.3) is 0 Å². The molecule has 1 N–H and O–H groups in total. The van der Waals surface area contributed by atoms with Crippen molar-refractivity contribution in [3.8, 4) is 0 Å². The van der Waals surface area contributed by atoms with Gasteiger partial charge in [-0.25, -0.2) is 0 Å². The molecule has 0 radical (unpaired) electrons. The largest absolute Gasteiger partial charge is 0.350 e. The zero-order valence-corrected chi connectivity index (χ0v) is 15.0. The van der Waals surface area contributed by atoms with Gasteiger partial charge in [0.2, 0.25) is 5.91 Å². The molecular weight excluding hydrogens is 326 g/mol. The standard InChI is InChI=1S/C17H23N3OS2/c1-14(17(21)18-12-15-4-2-10-22-15)20-8-6-19(7-9-20)13-16-5-3-11-23-16/h2-5,10-11,14H,6-9,12-13H2,1H3,(H,18,21). The first kappa shape index (κ1) is 16.6. The number of hydrogen-bond acceptors (Lipinski definition) is 5. The fourth-order valence-corrected chi connectivity index (χ4v) is 4.22. The number of nitrogens with one attached hydrogen (secondary N) is 1. The van der Waals surface area contributed by atoms with E-state index in [1.54, 1.807) is 11.3 Å². The highest BCUT2D eigenvalue weighted by atomic mass is 32.1. The Balaban J connectivity index is 1.42. The second-order valence-corrected chi connectivity index (χ2v) is 7.93. The van der Waals surface area contributed by atoms with Crippen LogP contribution in [0.3, 0.4) is 0 Å². The van der Waals surface area contributed by atoms with Crippen molar-refractivity contribution < 1.29 is 4.79 Å². The normalized spacial score (nSPS) is 18.0. The van der Waals surface area contributed by atoms with Crippen LogP contribution in [0.15, 0.2) is 35.0 Å². The monoisotopic (exact) mass is 349 g/mol. The zero-order chi connectivity index (χ0) is 16.1. The summed E-state index contributed by atoms with van der Waals surface area (Å²) in [5.74, 6) is 0.130. The van der Waals surface area contributed by atoms with E-state index >= 15 is 0 Å². The first-order valence-electron chi connectivity index (χ1n) is 8.01. The summed E-state index contributed by atoms with van der Waals surface area (Å²) < 4.78 is 0. The average molecular weight is 350 g/mol. The molecular formula is C17H23N3OS2. The van der Waals surface area contributed by atoms with Crippen LogP contribution in [0.4, 0.5) is 0 Å². The first-order valence-corrected chi connectivity index (χ1v) is 9.77. The minimum absolute atomic E-state index is 0.0566. The summed E-state index contributed by atoms with van der Waals surface area (Å²) in [6.45, 7) is 7.65. The van der Waals surface area contributed by atoms with E-state index in [9.17, 15) is 4.79 Å². The minimum atomic E-state index is -0.0566. The maximum absolute atomic E-state index is 12.3. The Morgan fingerprint density at radius 2 is 1.78 bits per heavy atom. The van der Waals surface area contributed by atoms with Gasteiger partial charge in [-0.1, -0.05) is 12.1 Å². The molecule has 0 aromatic carbocycles. The molecule has 2 aromatic heterocycles. The second kappa shape index (κ2) is 8.06. The van der Waals surface area contributed by atoms with Crippen molar-refractivity contribution in [2.24, 2.45) is 0 Å². The van der Waals surface area contributed by atoms with Crippen molar-refractivity contribution >= 4 is 28.6 Å². The Labute approximate surface area is 145 Å². The quantitative estimate of drug-likeness (QED) is 0.871. The van der Waals surface area contributed by atoms with Crippen molar-refractivity contribution in [2.45, 2.75) is 26.1 Å². The molecule has 2 aromatic rings. The van der Waals surface area contributed by atoms with Crippen molar-refractivity contribution in [2.75, 3.05) is 26.2 Å². The van der Waals surface area contributed by atoms with E-state index in [0.29, 0.717) is 6.54 Å². The lowest BCUT2D eigenvalue weighted by Gasteiger charge is -2.37. The molecule has 1 aliphatic rings. The lowest BCUT2D eigenvalue weighted by Crippen LogP contribution is -2.53. The van der Waals surface area contributed by atoms with E-state index < -0.39 is 0 Å². The Morgan fingerprint density at radius 3 is 2.39 bits per heavy atom. The van der Waals surface area contributed by atoms with E-state index in [1.807, 2.05) is 29.7 Å². The predicted octanol–water partition coefficient (Wildman–Crippen LogP) is 2.63. The van der Waals surface area contributed by atoms with Gasteiger partial charge in [0.15, 0.2) is 0 Å². The smallest absolute Gasteiger partial charge is 0.237 e. The molecule has 1 unspecified atom stereocenters. The maximum Gasteiger partial charge on any atom is 0.237 e. The van der Waals surface area contributed by atoms with Crippen molar-refractivity contribution in [1.29, 1.82) is 0 Å². The third kappa shape index (κ3) is 4.64. The molecule has 1 aliphatic heterocycles. The van der Waals surface area contributed by atoms with E-state index in [0.717, 1.165) is 32.7 Å². The highest BCUT2D eigenvalue weighted by Crippen LogP contribution is 2.15. The highest BCUT2D eigenvalue weighted by molar-refractivity contribution is 7.10. The number of thiophene rings is 2. The summed E-state index contributed by atoms with van der Waals surface area (Å²) in [7, 11) is 0. The van der Waals surface area contributed by atoms with Gasteiger partial charge in [0.05, 0.1) is 12.6 Å². The molecule has 0 spiro atoms. The molecule has 0 aliphatic carbocycles. The number of carbonyl (C=O) groups is 1. The Kier molecular flexibility index (Phi) is 5.83. The van der Waals surface area contributed by atoms with Gasteiger partial charge < -0.3 is 5.32 Å². The van der Waals surface area contributed by atoms with Crippen molar-refractivity contribution in [3.63, 3.8) is 0 Å². The van der Waals surface area contributed by atoms with Crippen LogP contribution >= 0.6 is 22.7 Å². The van der Waals surface area contributed by atoms with Crippen LogP contribution in [0, 0.1) is 0 Å². The van der Waals surface area contributed by atoms with Gasteiger partial charge in [-0.3, -0.25) is 14.6 Å². The van der Waals surface area contributed by atoms with E-state index in [2.05, 4.69) is 38.7 Å². The van der Waals surface area contributed by atoms with Gasteiger partial charge in [-0.15, -0.1) is 22.7 Å². The summed E-state index contributed by atoms with van der Waals surface area (Å²) in [6, 6.07) is 8.31. The van der Waals surface area contributed by atoms with Gasteiger partial charge >= 0.3 is 0 Å². The molecule has 4 nitrogen and oxygen atoms in total. The van der Waals surface area contributed by atoms with Crippen molar-refractivity contribution in [1.82, 2.24) is 15.1 Å². The second-order valence-electron chi connectivity index (χ2n) is 5.86. The van der Waals surface area contributed by atoms with E-state index in [4.69, 9.17) is 0 Å². The molecule has 1 atom stereocenters. The molecule has 3 rings (SSSR count). The van der Waals surface area contributed by atoms with Crippen LogP contribution in [0.1, 0.15) is 16.7 Å². The van der Waals surface area contributed by atoms with Crippen LogP contribution in [0.5, 0.6) is 0 Å². The molecule has 0 saturated carbocycles. The molecule has 6 heteroatoms. The van der Waals surface area contributed by atoms with E-state index in [-0.39, 0.29) is 11.9 Å². The lowest BCUT2D eigenvalue weighted by molar-refractivity contribution is -0.126. The summed E-state index contributed by atoms with van der Waals surface area (Å²) in [5, 5.41) is 7.22. The summed E-state index contributed by atoms with van der Waals surface area (Å²) in [4.78, 5) is 19.7. The number of carbonyl (C=O) groups excluding carboxylic acids is 1. The summed E-state index contributed by atoms with van der Waals surface area (Å²) in [5.41, 5.74) is 0. The number of amides is 1. The van der Waals surface area contributed by atoms with E-state index in [1.165, 1.54) is 9.75 Å². The van der Waals surface area contributed by atoms with Crippen LogP contribution in [0.2, 0.25) is 0 Å².